The average molecular weight is 396 g/mol. The normalized spacial score (nSPS) is 48.0. The van der Waals surface area contributed by atoms with E-state index in [0.29, 0.717) is 12.8 Å². The van der Waals surface area contributed by atoms with Crippen LogP contribution in [0.3, 0.4) is 0 Å². The minimum Gasteiger partial charge on any atom is -0.393 e. The Labute approximate surface area is 166 Å². The van der Waals surface area contributed by atoms with Gasteiger partial charge in [0.15, 0.2) is 11.6 Å². The van der Waals surface area contributed by atoms with E-state index in [1.54, 1.807) is 12.2 Å². The molecular weight excluding hydrogens is 366 g/mol. The maximum atomic E-state index is 12.5. The number of rotatable bonds is 2. The quantitative estimate of drug-likeness (QED) is 0.663. The molecule has 5 nitrogen and oxygen atoms in total. The van der Waals surface area contributed by atoms with Gasteiger partial charge in [0, 0.05) is 16.7 Å². The number of ketones is 2. The predicted octanol–water partition coefficient (Wildman–Crippen LogP) is 1.95. The van der Waals surface area contributed by atoms with Gasteiger partial charge < -0.3 is 15.9 Å². The fourth-order valence-corrected chi connectivity index (χ4v) is 6.96. The lowest BCUT2D eigenvalue weighted by atomic mass is 9.46. The fraction of sp³-hybridized carbons (Fsp3) is 0.714. The van der Waals surface area contributed by atoms with Crippen molar-refractivity contribution in [1.29, 1.82) is 0 Å². The standard InChI is InChI=1S/C21H29NO4.ClH/c1-19-7-5-13(23)9-12(19)3-4-14-15-6-8-21(26,17(25)11-22)20(15,2)10-16(24)18(14)19;/h5,7,9,14-16,18,24,26H,3-4,6,8,10-11,22H2,1-2H3;1H/t14-,15-,16-,18+,19-,20-,21-;/m1./s1. The summed E-state index contributed by atoms with van der Waals surface area (Å²) < 4.78 is 0. The van der Waals surface area contributed by atoms with E-state index >= 15 is 0 Å². The Balaban J connectivity index is 0.00000210. The summed E-state index contributed by atoms with van der Waals surface area (Å²) >= 11 is 0. The van der Waals surface area contributed by atoms with Crippen LogP contribution in [0.2, 0.25) is 0 Å². The van der Waals surface area contributed by atoms with Crippen LogP contribution < -0.4 is 5.73 Å². The molecule has 0 aromatic carbocycles. The number of hydrogen-bond acceptors (Lipinski definition) is 5. The third kappa shape index (κ3) is 2.55. The number of fused-ring (bicyclic) bond motifs is 5. The summed E-state index contributed by atoms with van der Waals surface area (Å²) in [5, 5.41) is 22.4. The summed E-state index contributed by atoms with van der Waals surface area (Å²) in [6, 6.07) is 0. The molecule has 3 saturated carbocycles. The summed E-state index contributed by atoms with van der Waals surface area (Å²) in [6.45, 7) is 3.92. The molecule has 0 saturated heterocycles. The van der Waals surface area contributed by atoms with Crippen molar-refractivity contribution in [2.24, 2.45) is 34.3 Å². The molecule has 6 heteroatoms. The van der Waals surface area contributed by atoms with Crippen LogP contribution >= 0.6 is 12.4 Å². The second-order valence-electron chi connectivity index (χ2n) is 9.24. The van der Waals surface area contributed by atoms with Gasteiger partial charge in [-0.15, -0.1) is 12.4 Å². The zero-order chi connectivity index (χ0) is 18.9. The van der Waals surface area contributed by atoms with Gasteiger partial charge in [-0.25, -0.2) is 0 Å². The smallest absolute Gasteiger partial charge is 0.178 e. The molecule has 0 amide bonds. The molecule has 4 aliphatic rings. The molecule has 4 aliphatic carbocycles. The predicted molar refractivity (Wildman–Crippen MR) is 104 cm³/mol. The van der Waals surface area contributed by atoms with Gasteiger partial charge in [0.05, 0.1) is 12.6 Å². The van der Waals surface area contributed by atoms with Gasteiger partial charge in [-0.3, -0.25) is 9.59 Å². The van der Waals surface area contributed by atoms with Gasteiger partial charge in [-0.1, -0.05) is 25.5 Å². The number of aliphatic hydroxyl groups is 2. The van der Waals surface area contributed by atoms with Crippen LogP contribution in [0, 0.1) is 28.6 Å². The van der Waals surface area contributed by atoms with Gasteiger partial charge in [-0.05, 0) is 56.1 Å². The number of carbonyl (C=O) groups excluding carboxylic acids is 2. The lowest BCUT2D eigenvalue weighted by Crippen LogP contribution is -2.62. The highest BCUT2D eigenvalue weighted by Gasteiger charge is 2.67. The molecule has 0 bridgehead atoms. The summed E-state index contributed by atoms with van der Waals surface area (Å²) in [5.41, 5.74) is 4.29. The van der Waals surface area contributed by atoms with E-state index in [4.69, 9.17) is 5.73 Å². The van der Waals surface area contributed by atoms with Crippen LogP contribution in [-0.4, -0.2) is 40.0 Å². The molecule has 0 aromatic rings. The van der Waals surface area contributed by atoms with Crippen LogP contribution in [0.1, 0.15) is 46.0 Å². The average Bonchev–Trinajstić information content (AvgIpc) is 2.86. The summed E-state index contributed by atoms with van der Waals surface area (Å²) in [4.78, 5) is 24.3. The van der Waals surface area contributed by atoms with E-state index in [1.165, 1.54) is 0 Å². The molecule has 0 spiro atoms. The van der Waals surface area contributed by atoms with E-state index in [2.05, 4.69) is 6.92 Å². The van der Waals surface area contributed by atoms with Crippen molar-refractivity contribution in [3.8, 4) is 0 Å². The van der Waals surface area contributed by atoms with Crippen LogP contribution in [0.4, 0.5) is 0 Å². The Hall–Kier alpha value is -1.01. The van der Waals surface area contributed by atoms with Crippen molar-refractivity contribution < 1.29 is 19.8 Å². The molecule has 0 unspecified atom stereocenters. The molecule has 0 aromatic heterocycles. The lowest BCUT2D eigenvalue weighted by molar-refractivity contribution is -0.175. The Bertz CT molecular complexity index is 734. The first-order chi connectivity index (χ1) is 12.2. The number of Topliss-reactive ketones (excluding diaryl/α,β-unsaturated/α-hetero) is 1. The highest BCUT2D eigenvalue weighted by molar-refractivity contribution is 6.01. The number of aliphatic hydroxyl groups excluding tert-OH is 1. The molecule has 3 fully saturated rings. The van der Waals surface area contributed by atoms with Crippen molar-refractivity contribution in [1.82, 2.24) is 0 Å². The maximum absolute atomic E-state index is 12.5. The molecule has 0 radical (unpaired) electrons. The number of nitrogens with two attached hydrogens (primary N) is 1. The zero-order valence-electron chi connectivity index (χ0n) is 16.0. The first kappa shape index (κ1) is 20.7. The van der Waals surface area contributed by atoms with E-state index in [-0.39, 0.29) is 53.7 Å². The lowest BCUT2D eigenvalue weighted by Gasteiger charge is -2.59. The third-order valence-electron chi connectivity index (χ3n) is 8.29. The van der Waals surface area contributed by atoms with Crippen LogP contribution in [0.15, 0.2) is 23.8 Å². The number of allylic oxidation sites excluding steroid dienone is 4. The molecule has 4 N–H and O–H groups in total. The van der Waals surface area contributed by atoms with E-state index in [9.17, 15) is 19.8 Å². The maximum Gasteiger partial charge on any atom is 0.178 e. The molecule has 0 heterocycles. The van der Waals surface area contributed by atoms with Crippen LogP contribution in [0.5, 0.6) is 0 Å². The highest BCUT2D eigenvalue weighted by Crippen LogP contribution is 2.66. The van der Waals surface area contributed by atoms with Gasteiger partial charge >= 0.3 is 0 Å². The summed E-state index contributed by atoms with van der Waals surface area (Å²) in [5.74, 6) is 0.137. The summed E-state index contributed by atoms with van der Waals surface area (Å²) in [7, 11) is 0. The van der Waals surface area contributed by atoms with Crippen molar-refractivity contribution >= 4 is 24.0 Å². The Morgan fingerprint density at radius 3 is 2.70 bits per heavy atom. The Morgan fingerprint density at radius 2 is 2.04 bits per heavy atom. The fourth-order valence-electron chi connectivity index (χ4n) is 6.96. The summed E-state index contributed by atoms with van der Waals surface area (Å²) in [6.07, 6.45) is 8.02. The van der Waals surface area contributed by atoms with Gasteiger partial charge in [0.25, 0.3) is 0 Å². The monoisotopic (exact) mass is 395 g/mol. The molecule has 0 aliphatic heterocycles. The van der Waals surface area contributed by atoms with Gasteiger partial charge in [0.1, 0.15) is 5.60 Å². The van der Waals surface area contributed by atoms with Crippen LogP contribution in [-0.2, 0) is 9.59 Å². The molecule has 7 atom stereocenters. The van der Waals surface area contributed by atoms with E-state index in [1.807, 2.05) is 13.0 Å². The van der Waals surface area contributed by atoms with Crippen LogP contribution in [0.25, 0.3) is 0 Å². The van der Waals surface area contributed by atoms with E-state index in [0.717, 1.165) is 24.8 Å². The minimum atomic E-state index is -1.44. The van der Waals surface area contributed by atoms with Gasteiger partial charge in [-0.2, -0.15) is 0 Å². The van der Waals surface area contributed by atoms with Gasteiger partial charge in [0.2, 0.25) is 0 Å². The number of halogens is 1. The number of hydrogen-bond donors (Lipinski definition) is 3. The van der Waals surface area contributed by atoms with Crippen molar-refractivity contribution in [2.75, 3.05) is 6.54 Å². The van der Waals surface area contributed by atoms with E-state index < -0.39 is 17.1 Å². The second-order valence-corrected chi connectivity index (χ2v) is 9.24. The molecule has 150 valence electrons. The Kier molecular flexibility index (Phi) is 5.00. The third-order valence-corrected chi connectivity index (χ3v) is 8.29. The molecule has 4 rings (SSSR count). The van der Waals surface area contributed by atoms with Crippen molar-refractivity contribution in [3.63, 3.8) is 0 Å². The second kappa shape index (κ2) is 6.51. The Morgan fingerprint density at radius 1 is 1.33 bits per heavy atom. The zero-order valence-corrected chi connectivity index (χ0v) is 16.8. The van der Waals surface area contributed by atoms with Crippen molar-refractivity contribution in [2.45, 2.75) is 57.7 Å². The molecule has 27 heavy (non-hydrogen) atoms. The highest BCUT2D eigenvalue weighted by atomic mass is 35.5. The minimum absolute atomic E-state index is 0. The SMILES string of the molecule is C[C@@]12C=CC(=O)C=C1CC[C@H]1[C@H]2[C@H](O)C[C@]2(C)[C@@H]1CC[C@@]2(O)C(=O)CN.Cl. The molecular formula is C21H30ClNO4. The van der Waals surface area contributed by atoms with Crippen molar-refractivity contribution in [3.05, 3.63) is 23.8 Å². The first-order valence-electron chi connectivity index (χ1n) is 9.75. The topological polar surface area (TPSA) is 101 Å². The largest absolute Gasteiger partial charge is 0.393 e. The number of carbonyl (C=O) groups is 2. The first-order valence-corrected chi connectivity index (χ1v) is 9.75.